The Bertz CT molecular complexity index is 392. The number of rotatable bonds is 9. The SMILES string of the molecule is CN(CCOCC1CC1)CCC(O)c1ccc(Br)cc1. The van der Waals surface area contributed by atoms with Gasteiger partial charge in [-0.3, -0.25) is 0 Å². The minimum absolute atomic E-state index is 0.391. The van der Waals surface area contributed by atoms with Gasteiger partial charge in [-0.1, -0.05) is 28.1 Å². The summed E-state index contributed by atoms with van der Waals surface area (Å²) in [7, 11) is 2.08. The van der Waals surface area contributed by atoms with Crippen molar-refractivity contribution < 1.29 is 9.84 Å². The van der Waals surface area contributed by atoms with Crippen molar-refractivity contribution in [2.24, 2.45) is 5.92 Å². The molecule has 0 aliphatic heterocycles. The number of halogens is 1. The maximum Gasteiger partial charge on any atom is 0.0802 e. The Hall–Kier alpha value is -0.420. The van der Waals surface area contributed by atoms with Crippen molar-refractivity contribution in [3.8, 4) is 0 Å². The predicted molar refractivity (Wildman–Crippen MR) is 84.8 cm³/mol. The van der Waals surface area contributed by atoms with Gasteiger partial charge in [-0.05, 0) is 49.9 Å². The van der Waals surface area contributed by atoms with Crippen molar-refractivity contribution in [2.45, 2.75) is 25.4 Å². The third-order valence-electron chi connectivity index (χ3n) is 3.71. The van der Waals surface area contributed by atoms with Gasteiger partial charge in [-0.25, -0.2) is 0 Å². The predicted octanol–water partition coefficient (Wildman–Crippen LogP) is 3.23. The Kier molecular flexibility index (Phi) is 6.49. The normalized spacial score (nSPS) is 16.6. The number of likely N-dealkylation sites (N-methyl/N-ethyl adjacent to an activating group) is 1. The van der Waals surface area contributed by atoms with E-state index in [4.69, 9.17) is 4.74 Å². The Balaban J connectivity index is 1.59. The van der Waals surface area contributed by atoms with E-state index < -0.39 is 6.10 Å². The van der Waals surface area contributed by atoms with Gasteiger partial charge < -0.3 is 14.7 Å². The molecule has 1 aromatic carbocycles. The summed E-state index contributed by atoms with van der Waals surface area (Å²) in [5.74, 6) is 0.833. The summed E-state index contributed by atoms with van der Waals surface area (Å²) in [6.45, 7) is 3.53. The van der Waals surface area contributed by atoms with Crippen LogP contribution in [0.25, 0.3) is 0 Å². The monoisotopic (exact) mass is 341 g/mol. The van der Waals surface area contributed by atoms with E-state index in [9.17, 15) is 5.11 Å². The molecule has 0 radical (unpaired) electrons. The Morgan fingerprint density at radius 2 is 2.00 bits per heavy atom. The molecule has 1 unspecified atom stereocenters. The first kappa shape index (κ1) is 16.0. The first-order valence-corrected chi connectivity index (χ1v) is 8.14. The fourth-order valence-electron chi connectivity index (χ4n) is 2.06. The third-order valence-corrected chi connectivity index (χ3v) is 4.24. The molecule has 0 spiro atoms. The molecule has 3 nitrogen and oxygen atoms in total. The van der Waals surface area contributed by atoms with Gasteiger partial charge in [0.1, 0.15) is 0 Å². The molecule has 1 atom stereocenters. The van der Waals surface area contributed by atoms with Gasteiger partial charge in [0.25, 0.3) is 0 Å². The second-order valence-corrected chi connectivity index (χ2v) is 6.59. The first-order chi connectivity index (χ1) is 9.65. The van der Waals surface area contributed by atoms with Gasteiger partial charge in [0, 0.05) is 24.2 Å². The topological polar surface area (TPSA) is 32.7 Å². The van der Waals surface area contributed by atoms with Crippen LogP contribution in [-0.2, 0) is 4.74 Å². The van der Waals surface area contributed by atoms with E-state index in [2.05, 4.69) is 27.9 Å². The van der Waals surface area contributed by atoms with E-state index >= 15 is 0 Å². The van der Waals surface area contributed by atoms with E-state index in [0.29, 0.717) is 0 Å². The zero-order valence-corrected chi connectivity index (χ0v) is 13.7. The highest BCUT2D eigenvalue weighted by Crippen LogP contribution is 2.28. The van der Waals surface area contributed by atoms with Gasteiger partial charge in [-0.15, -0.1) is 0 Å². The summed E-state index contributed by atoms with van der Waals surface area (Å²) in [5.41, 5.74) is 0.978. The summed E-state index contributed by atoms with van der Waals surface area (Å²) in [6.07, 6.45) is 3.04. The summed E-state index contributed by atoms with van der Waals surface area (Å²) in [6, 6.07) is 7.86. The minimum Gasteiger partial charge on any atom is -0.388 e. The molecular formula is C16H24BrNO2. The Labute approximate surface area is 130 Å². The average Bonchev–Trinajstić information content (AvgIpc) is 3.26. The molecule has 0 aromatic heterocycles. The fourth-order valence-corrected chi connectivity index (χ4v) is 2.33. The van der Waals surface area contributed by atoms with Crippen LogP contribution in [0.1, 0.15) is 30.9 Å². The minimum atomic E-state index is -0.391. The van der Waals surface area contributed by atoms with Crippen LogP contribution in [0.15, 0.2) is 28.7 Å². The highest BCUT2D eigenvalue weighted by molar-refractivity contribution is 9.10. The van der Waals surface area contributed by atoms with Gasteiger partial charge in [0.2, 0.25) is 0 Å². The number of aliphatic hydroxyl groups excluding tert-OH is 1. The summed E-state index contributed by atoms with van der Waals surface area (Å²) in [5, 5.41) is 10.1. The van der Waals surface area contributed by atoms with Crippen LogP contribution in [0, 0.1) is 5.92 Å². The molecule has 0 saturated heterocycles. The quantitative estimate of drug-likeness (QED) is 0.700. The van der Waals surface area contributed by atoms with E-state index in [1.165, 1.54) is 12.8 Å². The zero-order valence-electron chi connectivity index (χ0n) is 12.1. The highest BCUT2D eigenvalue weighted by atomic mass is 79.9. The van der Waals surface area contributed by atoms with Crippen molar-refractivity contribution in [1.82, 2.24) is 4.90 Å². The Morgan fingerprint density at radius 1 is 1.30 bits per heavy atom. The van der Waals surface area contributed by atoms with Gasteiger partial charge in [-0.2, -0.15) is 0 Å². The smallest absolute Gasteiger partial charge is 0.0802 e. The summed E-state index contributed by atoms with van der Waals surface area (Å²) < 4.78 is 6.66. The second-order valence-electron chi connectivity index (χ2n) is 5.68. The van der Waals surface area contributed by atoms with Gasteiger partial charge in [0.15, 0.2) is 0 Å². The molecule has 1 fully saturated rings. The van der Waals surface area contributed by atoms with Crippen LogP contribution in [-0.4, -0.2) is 43.4 Å². The van der Waals surface area contributed by atoms with Crippen molar-refractivity contribution in [1.29, 1.82) is 0 Å². The average molecular weight is 342 g/mol. The lowest BCUT2D eigenvalue weighted by molar-refractivity contribution is 0.0948. The number of benzene rings is 1. The van der Waals surface area contributed by atoms with E-state index in [0.717, 1.165) is 48.7 Å². The highest BCUT2D eigenvalue weighted by Gasteiger charge is 2.20. The molecule has 1 aliphatic rings. The van der Waals surface area contributed by atoms with Crippen LogP contribution in [0.2, 0.25) is 0 Å². The van der Waals surface area contributed by atoms with Crippen LogP contribution in [0.3, 0.4) is 0 Å². The molecular weight excluding hydrogens is 318 g/mol. The van der Waals surface area contributed by atoms with E-state index in [-0.39, 0.29) is 0 Å². The molecule has 0 amide bonds. The van der Waals surface area contributed by atoms with Crippen LogP contribution in [0.5, 0.6) is 0 Å². The lowest BCUT2D eigenvalue weighted by atomic mass is 10.1. The summed E-state index contributed by atoms with van der Waals surface area (Å²) in [4.78, 5) is 2.22. The molecule has 1 saturated carbocycles. The summed E-state index contributed by atoms with van der Waals surface area (Å²) >= 11 is 3.40. The van der Waals surface area contributed by atoms with Crippen LogP contribution >= 0.6 is 15.9 Å². The molecule has 2 rings (SSSR count). The maximum absolute atomic E-state index is 10.1. The number of nitrogens with zero attached hydrogens (tertiary/aromatic N) is 1. The van der Waals surface area contributed by atoms with Gasteiger partial charge >= 0.3 is 0 Å². The lowest BCUT2D eigenvalue weighted by Crippen LogP contribution is -2.25. The number of hydrogen-bond acceptors (Lipinski definition) is 3. The van der Waals surface area contributed by atoms with E-state index in [1.807, 2.05) is 24.3 Å². The molecule has 0 bridgehead atoms. The largest absolute Gasteiger partial charge is 0.388 e. The number of aliphatic hydroxyl groups is 1. The molecule has 4 heteroatoms. The number of hydrogen-bond donors (Lipinski definition) is 1. The molecule has 1 aliphatic carbocycles. The van der Waals surface area contributed by atoms with E-state index in [1.54, 1.807) is 0 Å². The fraction of sp³-hybridized carbons (Fsp3) is 0.625. The standard InChI is InChI=1S/C16H24BrNO2/c1-18(10-11-20-12-13-2-3-13)9-8-16(19)14-4-6-15(17)7-5-14/h4-7,13,16,19H,2-3,8-12H2,1H3. The number of ether oxygens (including phenoxy) is 1. The molecule has 112 valence electrons. The van der Waals surface area contributed by atoms with Crippen LogP contribution in [0.4, 0.5) is 0 Å². The molecule has 20 heavy (non-hydrogen) atoms. The Morgan fingerprint density at radius 3 is 2.65 bits per heavy atom. The van der Waals surface area contributed by atoms with Crippen molar-refractivity contribution in [2.75, 3.05) is 33.4 Å². The molecule has 0 heterocycles. The third kappa shape index (κ3) is 5.92. The molecule has 1 N–H and O–H groups in total. The first-order valence-electron chi connectivity index (χ1n) is 7.35. The van der Waals surface area contributed by atoms with Crippen molar-refractivity contribution >= 4 is 15.9 Å². The van der Waals surface area contributed by atoms with Crippen molar-refractivity contribution in [3.63, 3.8) is 0 Å². The zero-order chi connectivity index (χ0) is 14.4. The molecule has 1 aromatic rings. The maximum atomic E-state index is 10.1. The lowest BCUT2D eigenvalue weighted by Gasteiger charge is -2.19. The van der Waals surface area contributed by atoms with Gasteiger partial charge in [0.05, 0.1) is 12.7 Å². The second kappa shape index (κ2) is 8.13. The van der Waals surface area contributed by atoms with Crippen LogP contribution < -0.4 is 0 Å². The van der Waals surface area contributed by atoms with Crippen molar-refractivity contribution in [3.05, 3.63) is 34.3 Å².